The number of carbonyl (C=O) groups is 2. The van der Waals surface area contributed by atoms with Crippen LogP contribution in [0, 0.1) is 50.2 Å². The van der Waals surface area contributed by atoms with Gasteiger partial charge in [0, 0.05) is 0 Å². The van der Waals surface area contributed by atoms with Crippen molar-refractivity contribution in [3.05, 3.63) is 11.6 Å². The van der Waals surface area contributed by atoms with Gasteiger partial charge >= 0.3 is 11.9 Å². The molecule has 0 amide bonds. The van der Waals surface area contributed by atoms with E-state index in [0.29, 0.717) is 44.9 Å². The lowest BCUT2D eigenvalue weighted by molar-refractivity contribution is -0.369. The van der Waals surface area contributed by atoms with Gasteiger partial charge in [-0.1, -0.05) is 46.3 Å². The SMILES string of the molecule is COC(=O)[C@]1(C)CC[C@@]2(C(=O)O[C@@H]3O[C@H](CO)[C@@H](O)[C@H](O)[C@H]3O)CC[C@]3(C)C(=CC[C@H]4[C@@]5(C)CC[C@H](O[C@H]6O[C@@H](CO)[C@H](O)[C@@H](O[C@H]7O[C@@H](CO)[C@H](O)[C@@H](O)[C@@H]7O)[C@@H]6O)C(C)(C)[C@@H]5CC[C@]43C)[C@H]2C1. The second kappa shape index (κ2) is 19.1. The van der Waals surface area contributed by atoms with Gasteiger partial charge in [0.25, 0.3) is 0 Å². The van der Waals surface area contributed by atoms with Crippen molar-refractivity contribution in [1.82, 2.24) is 0 Å². The largest absolute Gasteiger partial charge is 0.469 e. The molecule has 20 heteroatoms. The molecule has 0 aromatic carbocycles. The molecule has 8 aliphatic rings. The van der Waals surface area contributed by atoms with E-state index in [9.17, 15) is 65.8 Å². The Labute approximate surface area is 402 Å². The van der Waals surface area contributed by atoms with Crippen molar-refractivity contribution < 1.29 is 98.9 Å². The van der Waals surface area contributed by atoms with Crippen LogP contribution in [0.2, 0.25) is 0 Å². The number of esters is 2. The molecule has 3 saturated heterocycles. The Hall–Kier alpha value is -1.96. The molecule has 0 aromatic heterocycles. The third-order valence-electron chi connectivity index (χ3n) is 19.8. The summed E-state index contributed by atoms with van der Waals surface area (Å²) in [5, 5.41) is 116. The fraction of sp³-hybridized carbons (Fsp3) is 0.918. The fourth-order valence-corrected chi connectivity index (χ4v) is 15.3. The maximum Gasteiger partial charge on any atom is 0.315 e. The van der Waals surface area contributed by atoms with Crippen molar-refractivity contribution in [3.8, 4) is 0 Å². The van der Waals surface area contributed by atoms with Crippen LogP contribution >= 0.6 is 0 Å². The molecule has 24 atom stereocenters. The molecular formula is C49H78O20. The van der Waals surface area contributed by atoms with Gasteiger partial charge in [-0.3, -0.25) is 9.59 Å². The van der Waals surface area contributed by atoms with Crippen LogP contribution in [0.5, 0.6) is 0 Å². The number of allylic oxidation sites excluding steroid dienone is 2. The first-order chi connectivity index (χ1) is 32.3. The van der Waals surface area contributed by atoms with Gasteiger partial charge in [-0.05, 0) is 111 Å². The smallest absolute Gasteiger partial charge is 0.315 e. The quantitative estimate of drug-likeness (QED) is 0.0732. The highest BCUT2D eigenvalue weighted by molar-refractivity contribution is 5.81. The van der Waals surface area contributed by atoms with E-state index in [-0.39, 0.29) is 28.6 Å². The van der Waals surface area contributed by atoms with Crippen LogP contribution in [0.4, 0.5) is 0 Å². The molecule has 3 aliphatic heterocycles. The number of methoxy groups -OCH3 is 1. The summed E-state index contributed by atoms with van der Waals surface area (Å²) >= 11 is 0. The molecule has 69 heavy (non-hydrogen) atoms. The van der Waals surface area contributed by atoms with Gasteiger partial charge in [0.1, 0.15) is 73.2 Å². The molecule has 394 valence electrons. The molecule has 0 bridgehead atoms. The minimum atomic E-state index is -1.81. The van der Waals surface area contributed by atoms with Crippen molar-refractivity contribution in [2.45, 2.75) is 204 Å². The number of aliphatic hydroxyl groups excluding tert-OH is 11. The first-order valence-electron chi connectivity index (χ1n) is 24.9. The molecule has 0 radical (unpaired) electrons. The molecule has 0 unspecified atom stereocenters. The van der Waals surface area contributed by atoms with E-state index in [1.165, 1.54) is 7.11 Å². The third kappa shape index (κ3) is 8.26. The molecule has 8 rings (SSSR count). The van der Waals surface area contributed by atoms with E-state index in [4.69, 9.17) is 33.2 Å². The molecule has 7 fully saturated rings. The van der Waals surface area contributed by atoms with E-state index >= 15 is 0 Å². The molecule has 0 spiro atoms. The first kappa shape index (κ1) is 53.3. The highest BCUT2D eigenvalue weighted by atomic mass is 16.7. The Bertz CT molecular complexity index is 1910. The van der Waals surface area contributed by atoms with Gasteiger partial charge in [-0.15, -0.1) is 0 Å². The molecule has 5 aliphatic carbocycles. The Kier molecular flexibility index (Phi) is 14.7. The predicted molar refractivity (Wildman–Crippen MR) is 237 cm³/mol. The van der Waals surface area contributed by atoms with E-state index < -0.39 is 152 Å². The van der Waals surface area contributed by atoms with Crippen molar-refractivity contribution in [2.75, 3.05) is 26.9 Å². The number of aliphatic hydroxyl groups is 11. The summed E-state index contributed by atoms with van der Waals surface area (Å²) in [5.74, 6) is -1.18. The average Bonchev–Trinajstić information content (AvgIpc) is 3.31. The van der Waals surface area contributed by atoms with Gasteiger partial charge in [-0.25, -0.2) is 0 Å². The van der Waals surface area contributed by atoms with Gasteiger partial charge in [0.2, 0.25) is 6.29 Å². The normalized spacial score (nSPS) is 52.8. The Morgan fingerprint density at radius 2 is 1.16 bits per heavy atom. The third-order valence-corrected chi connectivity index (χ3v) is 19.8. The number of ether oxygens (including phenoxy) is 7. The molecule has 3 heterocycles. The maximum atomic E-state index is 14.8. The van der Waals surface area contributed by atoms with Crippen LogP contribution in [0.3, 0.4) is 0 Å². The summed E-state index contributed by atoms with van der Waals surface area (Å²) in [6.45, 7) is 11.1. The zero-order valence-electron chi connectivity index (χ0n) is 40.8. The van der Waals surface area contributed by atoms with Crippen LogP contribution in [0.25, 0.3) is 0 Å². The second-order valence-corrected chi connectivity index (χ2v) is 23.4. The molecule has 11 N–H and O–H groups in total. The summed E-state index contributed by atoms with van der Waals surface area (Å²) < 4.78 is 41.0. The standard InChI is InChI=1S/C49H78O20/c1-44(2)27-10-13-48(6)28(46(27,4)12-11-29(44)67-41-37(60)38(32(55)26(21-52)66-41)68-39-35(58)33(56)30(53)24(19-50)64-39)9-8-22-23-18-45(3,42(61)63-7)14-16-49(23,17-15-47(22,48)5)43(62)69-40-36(59)34(57)31(54)25(20-51)65-40/h8,23-41,50-60H,9-21H2,1-7H3/t23-,24+,25-,26+,27+,28+,29+,30+,31-,32+,33-,34+,35+,36-,37+,38-,39-,40+,41-,45-,46+,47-,48-,49-/m1/s1. The zero-order chi connectivity index (χ0) is 50.6. The lowest BCUT2D eigenvalue weighted by Gasteiger charge is -2.71. The number of hydrogen-bond donors (Lipinski definition) is 11. The minimum absolute atomic E-state index is 0.106. The molecule has 4 saturated carbocycles. The monoisotopic (exact) mass is 987 g/mol. The Morgan fingerprint density at radius 1 is 0.609 bits per heavy atom. The first-order valence-corrected chi connectivity index (χ1v) is 24.9. The topological polar surface area (TPSA) is 321 Å². The summed E-state index contributed by atoms with van der Waals surface area (Å²) in [5.41, 5.74) is -2.38. The number of hydrogen-bond acceptors (Lipinski definition) is 20. The molecule has 0 aromatic rings. The highest BCUT2D eigenvalue weighted by Gasteiger charge is 2.71. The summed E-state index contributed by atoms with van der Waals surface area (Å²) in [6.07, 6.45) is -16.3. The average molecular weight is 987 g/mol. The van der Waals surface area contributed by atoms with Crippen LogP contribution in [0.1, 0.15) is 106 Å². The van der Waals surface area contributed by atoms with E-state index in [2.05, 4.69) is 40.7 Å². The summed E-state index contributed by atoms with van der Waals surface area (Å²) in [6, 6.07) is 0. The maximum absolute atomic E-state index is 14.8. The van der Waals surface area contributed by atoms with Gasteiger partial charge < -0.3 is 89.3 Å². The van der Waals surface area contributed by atoms with Gasteiger partial charge in [0.15, 0.2) is 12.6 Å². The lowest BCUT2D eigenvalue weighted by atomic mass is 9.33. The molecular weight excluding hydrogens is 909 g/mol. The minimum Gasteiger partial charge on any atom is -0.469 e. The Balaban J connectivity index is 1.04. The summed E-state index contributed by atoms with van der Waals surface area (Å²) in [7, 11) is 1.36. The highest BCUT2D eigenvalue weighted by Crippen LogP contribution is 2.76. The van der Waals surface area contributed by atoms with Crippen molar-refractivity contribution in [1.29, 1.82) is 0 Å². The van der Waals surface area contributed by atoms with Crippen LogP contribution in [0.15, 0.2) is 11.6 Å². The van der Waals surface area contributed by atoms with Crippen LogP contribution in [-0.2, 0) is 42.7 Å². The van der Waals surface area contributed by atoms with Crippen molar-refractivity contribution >= 4 is 11.9 Å². The van der Waals surface area contributed by atoms with Crippen LogP contribution in [-0.4, -0.2) is 193 Å². The predicted octanol–water partition coefficient (Wildman–Crippen LogP) is -0.706. The summed E-state index contributed by atoms with van der Waals surface area (Å²) in [4.78, 5) is 28.3. The second-order valence-electron chi connectivity index (χ2n) is 23.4. The number of fused-ring (bicyclic) bond motifs is 7. The lowest BCUT2D eigenvalue weighted by Crippen LogP contribution is -2.67. The van der Waals surface area contributed by atoms with Gasteiger partial charge in [-0.2, -0.15) is 0 Å². The van der Waals surface area contributed by atoms with Gasteiger partial charge in [0.05, 0.1) is 43.9 Å². The Morgan fingerprint density at radius 3 is 1.75 bits per heavy atom. The number of rotatable bonds is 10. The fourth-order valence-electron chi connectivity index (χ4n) is 15.3. The van der Waals surface area contributed by atoms with Crippen molar-refractivity contribution in [2.24, 2.45) is 50.2 Å². The zero-order valence-corrected chi connectivity index (χ0v) is 40.8. The van der Waals surface area contributed by atoms with E-state index in [0.717, 1.165) is 24.8 Å². The van der Waals surface area contributed by atoms with E-state index in [1.54, 1.807) is 0 Å². The molecule has 20 nitrogen and oxygen atoms in total. The number of carbonyl (C=O) groups excluding carboxylic acids is 2. The van der Waals surface area contributed by atoms with Crippen molar-refractivity contribution in [3.63, 3.8) is 0 Å². The van der Waals surface area contributed by atoms with E-state index in [1.807, 2.05) is 6.92 Å². The van der Waals surface area contributed by atoms with Crippen LogP contribution < -0.4 is 0 Å².